The summed E-state index contributed by atoms with van der Waals surface area (Å²) in [5, 5.41) is 18.3. The third kappa shape index (κ3) is 9.15. The molecular weight excluding hydrogens is 763 g/mol. The van der Waals surface area contributed by atoms with Gasteiger partial charge in [-0.05, 0) is 49.7 Å². The second-order valence-corrected chi connectivity index (χ2v) is 14.2. The van der Waals surface area contributed by atoms with Crippen LogP contribution in [0.25, 0.3) is 11.1 Å². The van der Waals surface area contributed by atoms with Crippen LogP contribution >= 0.6 is 11.6 Å². The molecule has 294 valence electrons. The van der Waals surface area contributed by atoms with Crippen molar-refractivity contribution in [3.63, 3.8) is 0 Å². The number of halogens is 2. The highest BCUT2D eigenvalue weighted by Crippen LogP contribution is 2.35. The molecule has 1 fully saturated rings. The van der Waals surface area contributed by atoms with E-state index in [1.165, 1.54) is 17.2 Å². The van der Waals surface area contributed by atoms with E-state index in [0.29, 0.717) is 80.7 Å². The van der Waals surface area contributed by atoms with Crippen LogP contribution in [0.4, 0.5) is 10.1 Å². The maximum Gasteiger partial charge on any atom is 0.255 e. The fraction of sp³-hybridized carbons (Fsp3) is 0.227. The molecule has 14 heteroatoms. The summed E-state index contributed by atoms with van der Waals surface area (Å²) in [6.07, 6.45) is 4.24. The van der Waals surface area contributed by atoms with Crippen molar-refractivity contribution in [1.29, 1.82) is 5.26 Å². The summed E-state index contributed by atoms with van der Waals surface area (Å²) < 4.78 is 26.9. The van der Waals surface area contributed by atoms with E-state index in [1.807, 2.05) is 18.2 Å². The molecule has 12 nitrogen and oxygen atoms in total. The first-order chi connectivity index (χ1) is 28.2. The zero-order valence-corrected chi connectivity index (χ0v) is 32.0. The number of hydrogen-bond donors (Lipinski definition) is 3. The molecule has 3 N–H and O–H groups in total. The standard InChI is InChI=1S/C44H38ClFN6O6/c45-42-30(6-3-8-33(42)32-7-1-2-10-36(32)46)26-57-31-14-13-29(39(19-31)58-25-28-18-27(20-47)21-49-22-28)23-48-17-5-12-40(53)50-37-11-4-9-34-35(37)24-52(44(34)56)38-15-16-41(54)51-43(38)55/h1-4,6-11,13-14,18-19,21-22,38,48H,5,12,15-17,23-26H2,(H,50,53)(H,51,54,55). The van der Waals surface area contributed by atoms with Gasteiger partial charge < -0.3 is 25.0 Å². The molecule has 4 amide bonds. The van der Waals surface area contributed by atoms with Gasteiger partial charge in [-0.1, -0.05) is 60.1 Å². The van der Waals surface area contributed by atoms with Gasteiger partial charge in [-0.2, -0.15) is 5.26 Å². The second kappa shape index (κ2) is 18.1. The van der Waals surface area contributed by atoms with E-state index < -0.39 is 11.9 Å². The van der Waals surface area contributed by atoms with Crippen molar-refractivity contribution in [2.45, 2.75) is 58.0 Å². The monoisotopic (exact) mass is 800 g/mol. The first-order valence-corrected chi connectivity index (χ1v) is 19.1. The van der Waals surface area contributed by atoms with Gasteiger partial charge in [-0.15, -0.1) is 0 Å². The number of nitrogens with zero attached hydrogens (tertiary/aromatic N) is 3. The maximum atomic E-state index is 14.6. The second-order valence-electron chi connectivity index (χ2n) is 13.9. The lowest BCUT2D eigenvalue weighted by Crippen LogP contribution is -2.52. The average Bonchev–Trinajstić information content (AvgIpc) is 3.56. The van der Waals surface area contributed by atoms with E-state index in [2.05, 4.69) is 27.0 Å². The lowest BCUT2D eigenvalue weighted by molar-refractivity contribution is -0.137. The van der Waals surface area contributed by atoms with Crippen molar-refractivity contribution in [3.8, 4) is 28.7 Å². The Balaban J connectivity index is 0.958. The molecule has 2 aliphatic heterocycles. The SMILES string of the molecule is N#Cc1cncc(COc2cc(OCc3cccc(-c4ccccc4F)c3Cl)ccc2CNCCCC(=O)Nc2cccc3c2CN(C2CCC(=O)NC2=O)C3=O)c1. The van der Waals surface area contributed by atoms with E-state index >= 15 is 0 Å². The van der Waals surface area contributed by atoms with E-state index in [-0.39, 0.29) is 62.6 Å². The number of rotatable bonds is 15. The van der Waals surface area contributed by atoms with Crippen molar-refractivity contribution in [1.82, 2.24) is 20.5 Å². The molecule has 5 aromatic rings. The number of ether oxygens (including phenoxy) is 2. The van der Waals surface area contributed by atoms with Crippen LogP contribution in [-0.4, -0.2) is 46.1 Å². The Labute approximate surface area is 338 Å². The van der Waals surface area contributed by atoms with Crippen LogP contribution < -0.4 is 25.4 Å². The van der Waals surface area contributed by atoms with Crippen LogP contribution in [0.5, 0.6) is 11.5 Å². The van der Waals surface area contributed by atoms with Gasteiger partial charge in [0, 0.05) is 89.0 Å². The Morgan fingerprint density at radius 1 is 0.948 bits per heavy atom. The van der Waals surface area contributed by atoms with Gasteiger partial charge in [0.05, 0.1) is 10.6 Å². The summed E-state index contributed by atoms with van der Waals surface area (Å²) in [6, 6.07) is 25.4. The first-order valence-electron chi connectivity index (χ1n) is 18.7. The zero-order chi connectivity index (χ0) is 40.6. The summed E-state index contributed by atoms with van der Waals surface area (Å²) in [7, 11) is 0. The predicted molar refractivity (Wildman–Crippen MR) is 213 cm³/mol. The maximum absolute atomic E-state index is 14.6. The number of hydrogen-bond acceptors (Lipinski definition) is 9. The van der Waals surface area contributed by atoms with Gasteiger partial charge in [0.25, 0.3) is 5.91 Å². The topological polar surface area (TPSA) is 163 Å². The number of amides is 4. The van der Waals surface area contributed by atoms with Crippen molar-refractivity contribution < 1.29 is 33.0 Å². The van der Waals surface area contributed by atoms with Crippen molar-refractivity contribution in [3.05, 3.63) is 142 Å². The zero-order valence-electron chi connectivity index (χ0n) is 31.2. The molecule has 4 aromatic carbocycles. The Hall–Kier alpha value is -6.62. The van der Waals surface area contributed by atoms with Crippen LogP contribution in [0, 0.1) is 17.1 Å². The van der Waals surface area contributed by atoms with Crippen LogP contribution in [0.2, 0.25) is 5.02 Å². The van der Waals surface area contributed by atoms with E-state index in [4.69, 9.17) is 21.1 Å². The summed E-state index contributed by atoms with van der Waals surface area (Å²) in [6.45, 7) is 1.34. The van der Waals surface area contributed by atoms with Gasteiger partial charge in [0.2, 0.25) is 17.7 Å². The van der Waals surface area contributed by atoms with Crippen LogP contribution in [0.15, 0.2) is 97.3 Å². The van der Waals surface area contributed by atoms with Crippen LogP contribution in [0.1, 0.15) is 63.9 Å². The number of aromatic nitrogens is 1. The van der Waals surface area contributed by atoms with Crippen molar-refractivity contribution in [2.24, 2.45) is 0 Å². The van der Waals surface area contributed by atoms with Crippen LogP contribution in [-0.2, 0) is 40.7 Å². The number of nitriles is 1. The van der Waals surface area contributed by atoms with Crippen molar-refractivity contribution >= 4 is 40.9 Å². The number of anilines is 1. The molecule has 1 atom stereocenters. The highest BCUT2D eigenvalue weighted by molar-refractivity contribution is 6.34. The smallest absolute Gasteiger partial charge is 0.255 e. The van der Waals surface area contributed by atoms with E-state index in [1.54, 1.807) is 66.9 Å². The number of carbonyl (C=O) groups excluding carboxylic acids is 4. The van der Waals surface area contributed by atoms with Crippen LogP contribution in [0.3, 0.4) is 0 Å². The summed E-state index contributed by atoms with van der Waals surface area (Å²) in [5.41, 5.74) is 5.16. The number of pyridine rings is 1. The van der Waals surface area contributed by atoms with Gasteiger partial charge in [-0.25, -0.2) is 4.39 Å². The molecule has 58 heavy (non-hydrogen) atoms. The molecule has 3 heterocycles. The lowest BCUT2D eigenvalue weighted by Gasteiger charge is -2.29. The molecule has 1 unspecified atom stereocenters. The molecule has 0 radical (unpaired) electrons. The highest BCUT2D eigenvalue weighted by Gasteiger charge is 2.40. The number of benzene rings is 4. The Morgan fingerprint density at radius 2 is 1.76 bits per heavy atom. The van der Waals surface area contributed by atoms with Gasteiger partial charge in [0.1, 0.15) is 42.6 Å². The minimum absolute atomic E-state index is 0.120. The minimum Gasteiger partial charge on any atom is -0.489 e. The van der Waals surface area contributed by atoms with E-state index in [9.17, 15) is 28.8 Å². The number of carbonyl (C=O) groups is 4. The average molecular weight is 801 g/mol. The lowest BCUT2D eigenvalue weighted by atomic mass is 10.0. The molecule has 1 saturated heterocycles. The van der Waals surface area contributed by atoms with Gasteiger partial charge in [0.15, 0.2) is 0 Å². The normalized spacial score (nSPS) is 14.7. The summed E-state index contributed by atoms with van der Waals surface area (Å²) in [4.78, 5) is 55.9. The minimum atomic E-state index is -0.746. The molecule has 0 spiro atoms. The predicted octanol–water partition coefficient (Wildman–Crippen LogP) is 6.84. The fourth-order valence-electron chi connectivity index (χ4n) is 6.95. The number of fused-ring (bicyclic) bond motifs is 1. The fourth-order valence-corrected chi connectivity index (χ4v) is 7.23. The third-order valence-electron chi connectivity index (χ3n) is 9.92. The Kier molecular flexibility index (Phi) is 12.4. The summed E-state index contributed by atoms with van der Waals surface area (Å²) >= 11 is 6.72. The Bertz CT molecular complexity index is 2440. The number of piperidine rings is 1. The molecule has 0 bridgehead atoms. The first kappa shape index (κ1) is 39.6. The molecular formula is C44H38ClFN6O6. The van der Waals surface area contributed by atoms with E-state index in [0.717, 1.165) is 5.56 Å². The quantitative estimate of drug-likeness (QED) is 0.0760. The van der Waals surface area contributed by atoms with Gasteiger partial charge >= 0.3 is 0 Å². The summed E-state index contributed by atoms with van der Waals surface area (Å²) in [5.74, 6) is -0.701. The molecule has 0 saturated carbocycles. The van der Waals surface area contributed by atoms with Crippen molar-refractivity contribution in [2.75, 3.05) is 11.9 Å². The highest BCUT2D eigenvalue weighted by atomic mass is 35.5. The molecule has 1 aromatic heterocycles. The molecule has 2 aliphatic rings. The number of imide groups is 1. The third-order valence-corrected chi connectivity index (χ3v) is 10.4. The number of nitrogens with one attached hydrogen (secondary N) is 3. The molecule has 0 aliphatic carbocycles. The largest absolute Gasteiger partial charge is 0.489 e. The van der Waals surface area contributed by atoms with Gasteiger partial charge in [-0.3, -0.25) is 29.5 Å². The Morgan fingerprint density at radius 3 is 2.59 bits per heavy atom. The molecule has 7 rings (SSSR count).